The molecular formula is C12H10N2OS2. The molecule has 0 spiro atoms. The maximum atomic E-state index is 11.3. The van der Waals surface area contributed by atoms with Crippen molar-refractivity contribution in [3.05, 3.63) is 42.0 Å². The summed E-state index contributed by atoms with van der Waals surface area (Å²) < 4.78 is 0.513. The van der Waals surface area contributed by atoms with Gasteiger partial charge in [-0.25, -0.2) is 0 Å². The molecule has 86 valence electrons. The fourth-order valence-corrected chi connectivity index (χ4v) is 2.25. The van der Waals surface area contributed by atoms with E-state index in [0.29, 0.717) is 10.1 Å². The maximum absolute atomic E-state index is 11.3. The number of nitrogens with zero attached hydrogens (tertiary/aromatic N) is 2. The largest absolute Gasteiger partial charge is 0.272 e. The normalized spacial score (nSPS) is 16.6. The van der Waals surface area contributed by atoms with Crippen molar-refractivity contribution in [3.8, 4) is 0 Å². The highest BCUT2D eigenvalue weighted by Crippen LogP contribution is 2.18. The summed E-state index contributed by atoms with van der Waals surface area (Å²) in [5.41, 5.74) is 1.09. The van der Waals surface area contributed by atoms with Gasteiger partial charge in [0, 0.05) is 6.21 Å². The summed E-state index contributed by atoms with van der Waals surface area (Å²) in [5.74, 6) is 0.322. The van der Waals surface area contributed by atoms with E-state index < -0.39 is 0 Å². The average molecular weight is 262 g/mol. The molecule has 3 nitrogen and oxygen atoms in total. The van der Waals surface area contributed by atoms with Crippen molar-refractivity contribution in [3.63, 3.8) is 0 Å². The molecule has 17 heavy (non-hydrogen) atoms. The first-order valence-corrected chi connectivity index (χ1v) is 6.42. The van der Waals surface area contributed by atoms with Gasteiger partial charge in [-0.1, -0.05) is 60.4 Å². The second kappa shape index (κ2) is 5.75. The molecule has 5 heteroatoms. The number of allylic oxidation sites excluding steroid dienone is 1. The predicted octanol–water partition coefficient (Wildman–Crippen LogP) is 2.55. The van der Waals surface area contributed by atoms with Gasteiger partial charge in [-0.2, -0.15) is 10.1 Å². The molecular weight excluding hydrogens is 252 g/mol. The fraction of sp³-hybridized carbons (Fsp3) is 0.0833. The number of thioether (sulfide) groups is 1. The van der Waals surface area contributed by atoms with E-state index in [2.05, 4.69) is 5.10 Å². The second-order valence-corrected chi connectivity index (χ2v) is 4.90. The van der Waals surface area contributed by atoms with Gasteiger partial charge in [0.1, 0.15) is 0 Å². The van der Waals surface area contributed by atoms with E-state index in [1.807, 2.05) is 36.4 Å². The summed E-state index contributed by atoms with van der Waals surface area (Å²) in [6.07, 6.45) is 5.28. The molecule has 1 aromatic rings. The van der Waals surface area contributed by atoms with Crippen molar-refractivity contribution in [1.29, 1.82) is 0 Å². The molecule has 0 N–H and O–H groups in total. The summed E-state index contributed by atoms with van der Waals surface area (Å²) >= 11 is 6.33. The summed E-state index contributed by atoms with van der Waals surface area (Å²) in [7, 11) is 0. The molecule has 0 bridgehead atoms. The zero-order valence-electron chi connectivity index (χ0n) is 8.95. The van der Waals surface area contributed by atoms with E-state index in [-0.39, 0.29) is 5.91 Å². The van der Waals surface area contributed by atoms with Crippen molar-refractivity contribution >= 4 is 46.5 Å². The number of hydrazone groups is 1. The highest BCUT2D eigenvalue weighted by Gasteiger charge is 2.25. The Kier molecular flexibility index (Phi) is 4.06. The minimum absolute atomic E-state index is 0.0654. The molecule has 0 unspecified atom stereocenters. The van der Waals surface area contributed by atoms with Crippen LogP contribution in [0.5, 0.6) is 0 Å². The third-order valence-electron chi connectivity index (χ3n) is 2.08. The second-order valence-electron chi connectivity index (χ2n) is 3.29. The molecule has 1 aliphatic rings. The van der Waals surface area contributed by atoms with Gasteiger partial charge < -0.3 is 0 Å². The first-order chi connectivity index (χ1) is 8.27. The molecule has 0 saturated carbocycles. The van der Waals surface area contributed by atoms with Crippen LogP contribution in [0.15, 0.2) is 41.5 Å². The van der Waals surface area contributed by atoms with Gasteiger partial charge in [-0.05, 0) is 11.6 Å². The molecule has 1 heterocycles. The minimum atomic E-state index is -0.0654. The molecule has 0 aliphatic carbocycles. The summed E-state index contributed by atoms with van der Waals surface area (Å²) in [6.45, 7) is 0. The maximum Gasteiger partial charge on any atom is 0.259 e. The summed E-state index contributed by atoms with van der Waals surface area (Å²) in [6, 6.07) is 9.88. The van der Waals surface area contributed by atoms with Gasteiger partial charge in [0.2, 0.25) is 0 Å². The van der Waals surface area contributed by atoms with E-state index in [1.54, 1.807) is 12.3 Å². The molecule has 0 atom stereocenters. The Morgan fingerprint density at radius 2 is 2.12 bits per heavy atom. The Morgan fingerprint density at radius 1 is 1.35 bits per heavy atom. The lowest BCUT2D eigenvalue weighted by Crippen LogP contribution is -2.22. The standard InChI is InChI=1S/C12H10N2OS2/c15-11-9-17-12(16)14(11)13-8-4-7-10-5-2-1-3-6-10/h1-8H,9H2/b7-4-,13-8-. The predicted molar refractivity (Wildman–Crippen MR) is 75.9 cm³/mol. The van der Waals surface area contributed by atoms with E-state index in [0.717, 1.165) is 5.56 Å². The first kappa shape index (κ1) is 12.0. The molecule has 0 aromatic heterocycles. The monoisotopic (exact) mass is 262 g/mol. The van der Waals surface area contributed by atoms with Gasteiger partial charge in [0.05, 0.1) is 5.75 Å². The number of amides is 1. The smallest absolute Gasteiger partial charge is 0.259 e. The van der Waals surface area contributed by atoms with Crippen LogP contribution in [0.25, 0.3) is 6.08 Å². The molecule has 1 fully saturated rings. The minimum Gasteiger partial charge on any atom is -0.272 e. The Balaban J connectivity index is 1.96. The lowest BCUT2D eigenvalue weighted by Gasteiger charge is -2.04. The molecule has 0 radical (unpaired) electrons. The van der Waals surface area contributed by atoms with Crippen LogP contribution in [-0.2, 0) is 4.79 Å². The van der Waals surface area contributed by atoms with Crippen molar-refractivity contribution in [1.82, 2.24) is 5.01 Å². The van der Waals surface area contributed by atoms with Crippen LogP contribution in [0.3, 0.4) is 0 Å². The van der Waals surface area contributed by atoms with E-state index in [1.165, 1.54) is 16.8 Å². The van der Waals surface area contributed by atoms with Gasteiger partial charge in [-0.3, -0.25) is 4.79 Å². The highest BCUT2D eigenvalue weighted by molar-refractivity contribution is 8.23. The van der Waals surface area contributed by atoms with Crippen molar-refractivity contribution < 1.29 is 4.79 Å². The molecule has 1 saturated heterocycles. The van der Waals surface area contributed by atoms with Crippen molar-refractivity contribution in [2.75, 3.05) is 5.75 Å². The molecule has 1 aliphatic heterocycles. The Morgan fingerprint density at radius 3 is 2.76 bits per heavy atom. The molecule has 2 rings (SSSR count). The van der Waals surface area contributed by atoms with E-state index in [9.17, 15) is 4.79 Å². The Bertz CT molecular complexity index is 467. The van der Waals surface area contributed by atoms with Crippen molar-refractivity contribution in [2.24, 2.45) is 5.10 Å². The van der Waals surface area contributed by atoms with Crippen molar-refractivity contribution in [2.45, 2.75) is 0 Å². The number of thiocarbonyl (C=S) groups is 1. The zero-order chi connectivity index (χ0) is 12.1. The van der Waals surface area contributed by atoms with Crippen LogP contribution in [-0.4, -0.2) is 27.2 Å². The number of benzene rings is 1. The lowest BCUT2D eigenvalue weighted by atomic mass is 10.2. The third kappa shape index (κ3) is 3.25. The van der Waals surface area contributed by atoms with Crippen LogP contribution < -0.4 is 0 Å². The van der Waals surface area contributed by atoms with Crippen LogP contribution in [0.4, 0.5) is 0 Å². The number of hydrogen-bond donors (Lipinski definition) is 0. The van der Waals surface area contributed by atoms with E-state index in [4.69, 9.17) is 12.2 Å². The van der Waals surface area contributed by atoms with Crippen LogP contribution in [0, 0.1) is 0 Å². The highest BCUT2D eigenvalue weighted by atomic mass is 32.2. The summed E-state index contributed by atoms with van der Waals surface area (Å²) in [4.78, 5) is 11.3. The topological polar surface area (TPSA) is 32.7 Å². The third-order valence-corrected chi connectivity index (χ3v) is 3.42. The number of rotatable bonds is 3. The number of carbonyl (C=O) groups excluding carboxylic acids is 1. The van der Waals surface area contributed by atoms with Gasteiger partial charge in [-0.15, -0.1) is 0 Å². The fourth-order valence-electron chi connectivity index (χ4n) is 1.28. The molecule has 1 amide bonds. The van der Waals surface area contributed by atoms with Gasteiger partial charge >= 0.3 is 0 Å². The first-order valence-electron chi connectivity index (χ1n) is 5.03. The lowest BCUT2D eigenvalue weighted by molar-refractivity contribution is -0.123. The quantitative estimate of drug-likeness (QED) is 0.620. The Labute approximate surface area is 109 Å². The van der Waals surface area contributed by atoms with Crippen LogP contribution in [0.2, 0.25) is 0 Å². The van der Waals surface area contributed by atoms with Gasteiger partial charge in [0.25, 0.3) is 5.91 Å². The SMILES string of the molecule is O=C1CSC(=S)N1/N=C\C=C/c1ccccc1. The van der Waals surface area contributed by atoms with Crippen LogP contribution >= 0.6 is 24.0 Å². The zero-order valence-corrected chi connectivity index (χ0v) is 10.6. The average Bonchev–Trinajstić information content (AvgIpc) is 2.67. The van der Waals surface area contributed by atoms with E-state index >= 15 is 0 Å². The van der Waals surface area contributed by atoms with Gasteiger partial charge in [0.15, 0.2) is 4.32 Å². The van der Waals surface area contributed by atoms with Crippen LogP contribution in [0.1, 0.15) is 5.56 Å². The summed E-state index contributed by atoms with van der Waals surface area (Å²) in [5, 5.41) is 5.27. The Hall–Kier alpha value is -1.46. The number of carbonyl (C=O) groups is 1. The number of hydrogen-bond acceptors (Lipinski definition) is 4. The molecule has 1 aromatic carbocycles.